The maximum atomic E-state index is 11.5. The zero-order valence-electron chi connectivity index (χ0n) is 12.1. The highest BCUT2D eigenvalue weighted by molar-refractivity contribution is 5.96. The standard InChI is InChI=1S/C16H15N3O2/c1-10-7-11(2)18-15(14(10)16(20)21)19(3)13-6-4-5-12(8-13)9-17/h4-8H,1-3H3,(H,20,21). The third-order valence-corrected chi connectivity index (χ3v) is 3.22. The Kier molecular flexibility index (Phi) is 3.90. The SMILES string of the molecule is Cc1cc(C)c(C(=O)O)c(N(C)c2cccc(C#N)c2)n1. The smallest absolute Gasteiger partial charge is 0.339 e. The number of aromatic carboxylic acids is 1. The van der Waals surface area contributed by atoms with Gasteiger partial charge in [-0.05, 0) is 43.7 Å². The van der Waals surface area contributed by atoms with Gasteiger partial charge in [0.2, 0.25) is 0 Å². The fourth-order valence-electron chi connectivity index (χ4n) is 2.23. The van der Waals surface area contributed by atoms with E-state index in [2.05, 4.69) is 11.1 Å². The molecule has 1 N–H and O–H groups in total. The summed E-state index contributed by atoms with van der Waals surface area (Å²) in [7, 11) is 1.74. The summed E-state index contributed by atoms with van der Waals surface area (Å²) in [5, 5.41) is 18.4. The molecule has 2 aromatic rings. The van der Waals surface area contributed by atoms with Gasteiger partial charge in [-0.1, -0.05) is 6.07 Å². The number of anilines is 2. The summed E-state index contributed by atoms with van der Waals surface area (Å²) in [6.45, 7) is 3.57. The molecular formula is C16H15N3O2. The van der Waals surface area contributed by atoms with Gasteiger partial charge in [-0.3, -0.25) is 0 Å². The van der Waals surface area contributed by atoms with Crippen LogP contribution in [0.5, 0.6) is 0 Å². The Morgan fingerprint density at radius 3 is 2.67 bits per heavy atom. The van der Waals surface area contributed by atoms with Gasteiger partial charge in [0.25, 0.3) is 0 Å². The van der Waals surface area contributed by atoms with Crippen molar-refractivity contribution in [2.75, 3.05) is 11.9 Å². The summed E-state index contributed by atoms with van der Waals surface area (Å²) in [4.78, 5) is 17.5. The first kappa shape index (κ1) is 14.5. The van der Waals surface area contributed by atoms with Crippen LogP contribution >= 0.6 is 0 Å². The maximum Gasteiger partial charge on any atom is 0.339 e. The Labute approximate surface area is 123 Å². The first-order chi connectivity index (χ1) is 9.93. The Morgan fingerprint density at radius 1 is 1.33 bits per heavy atom. The van der Waals surface area contributed by atoms with Gasteiger partial charge in [0, 0.05) is 18.4 Å². The highest BCUT2D eigenvalue weighted by Crippen LogP contribution is 2.28. The maximum absolute atomic E-state index is 11.5. The van der Waals surface area contributed by atoms with Crippen molar-refractivity contribution >= 4 is 17.5 Å². The number of carbonyl (C=O) groups is 1. The minimum atomic E-state index is -1.02. The van der Waals surface area contributed by atoms with Crippen molar-refractivity contribution in [3.63, 3.8) is 0 Å². The van der Waals surface area contributed by atoms with E-state index in [0.717, 1.165) is 5.69 Å². The number of benzene rings is 1. The average molecular weight is 281 g/mol. The second kappa shape index (κ2) is 5.63. The topological polar surface area (TPSA) is 77.2 Å². The summed E-state index contributed by atoms with van der Waals surface area (Å²) < 4.78 is 0. The van der Waals surface area contributed by atoms with E-state index in [9.17, 15) is 9.90 Å². The van der Waals surface area contributed by atoms with Gasteiger partial charge < -0.3 is 10.0 Å². The Bertz CT molecular complexity index is 748. The summed E-state index contributed by atoms with van der Waals surface area (Å²) in [6, 6.07) is 10.8. The second-order valence-corrected chi connectivity index (χ2v) is 4.81. The van der Waals surface area contributed by atoms with E-state index in [0.29, 0.717) is 22.6 Å². The van der Waals surface area contributed by atoms with Crippen molar-refractivity contribution in [1.82, 2.24) is 4.98 Å². The van der Waals surface area contributed by atoms with Crippen molar-refractivity contribution in [2.24, 2.45) is 0 Å². The molecule has 0 aliphatic rings. The van der Waals surface area contributed by atoms with Crippen LogP contribution in [0.3, 0.4) is 0 Å². The van der Waals surface area contributed by atoms with Gasteiger partial charge in [-0.15, -0.1) is 0 Å². The van der Waals surface area contributed by atoms with Gasteiger partial charge in [0.1, 0.15) is 11.4 Å². The number of aryl methyl sites for hydroxylation is 2. The molecule has 0 fully saturated rings. The number of hydrogen-bond acceptors (Lipinski definition) is 4. The fraction of sp³-hybridized carbons (Fsp3) is 0.188. The van der Waals surface area contributed by atoms with Crippen LogP contribution in [0.1, 0.15) is 27.2 Å². The first-order valence-electron chi connectivity index (χ1n) is 6.39. The number of pyridine rings is 1. The Morgan fingerprint density at radius 2 is 2.05 bits per heavy atom. The molecule has 0 aliphatic heterocycles. The van der Waals surface area contributed by atoms with Gasteiger partial charge in [0.15, 0.2) is 0 Å². The van der Waals surface area contributed by atoms with Gasteiger partial charge in [-0.2, -0.15) is 5.26 Å². The van der Waals surface area contributed by atoms with E-state index in [1.54, 1.807) is 43.1 Å². The molecule has 1 aromatic carbocycles. The minimum absolute atomic E-state index is 0.172. The number of carboxylic acid groups (broad SMARTS) is 1. The lowest BCUT2D eigenvalue weighted by Gasteiger charge is -2.22. The molecule has 0 radical (unpaired) electrons. The van der Waals surface area contributed by atoms with Crippen LogP contribution < -0.4 is 4.90 Å². The van der Waals surface area contributed by atoms with E-state index in [1.807, 2.05) is 13.0 Å². The van der Waals surface area contributed by atoms with Crippen molar-refractivity contribution < 1.29 is 9.90 Å². The molecule has 5 nitrogen and oxygen atoms in total. The van der Waals surface area contributed by atoms with E-state index in [-0.39, 0.29) is 5.56 Å². The van der Waals surface area contributed by atoms with Crippen LogP contribution in [0.4, 0.5) is 11.5 Å². The highest BCUT2D eigenvalue weighted by atomic mass is 16.4. The summed E-state index contributed by atoms with van der Waals surface area (Å²) in [5.41, 5.74) is 2.81. The van der Waals surface area contributed by atoms with E-state index in [1.165, 1.54) is 0 Å². The zero-order chi connectivity index (χ0) is 15.6. The predicted octanol–water partition coefficient (Wildman–Crippen LogP) is 3.04. The molecule has 0 aliphatic carbocycles. The van der Waals surface area contributed by atoms with E-state index in [4.69, 9.17) is 5.26 Å². The fourth-order valence-corrected chi connectivity index (χ4v) is 2.23. The van der Waals surface area contributed by atoms with Crippen molar-refractivity contribution in [1.29, 1.82) is 5.26 Å². The number of aromatic nitrogens is 1. The van der Waals surface area contributed by atoms with Crippen LogP contribution in [-0.4, -0.2) is 23.1 Å². The summed E-state index contributed by atoms with van der Waals surface area (Å²) >= 11 is 0. The Balaban J connectivity index is 2.60. The predicted molar refractivity (Wildman–Crippen MR) is 79.9 cm³/mol. The normalized spacial score (nSPS) is 10.0. The molecule has 0 amide bonds. The molecule has 106 valence electrons. The second-order valence-electron chi connectivity index (χ2n) is 4.81. The van der Waals surface area contributed by atoms with Crippen molar-refractivity contribution in [2.45, 2.75) is 13.8 Å². The van der Waals surface area contributed by atoms with Crippen LogP contribution in [0.15, 0.2) is 30.3 Å². The number of nitriles is 1. The molecule has 21 heavy (non-hydrogen) atoms. The number of nitrogens with zero attached hydrogens (tertiary/aromatic N) is 3. The van der Waals surface area contributed by atoms with E-state index < -0.39 is 5.97 Å². The van der Waals surface area contributed by atoms with Gasteiger partial charge >= 0.3 is 5.97 Å². The molecule has 0 saturated heterocycles. The Hall–Kier alpha value is -2.87. The largest absolute Gasteiger partial charge is 0.478 e. The van der Waals surface area contributed by atoms with Crippen LogP contribution in [0, 0.1) is 25.2 Å². The molecule has 2 rings (SSSR count). The molecule has 1 heterocycles. The number of carboxylic acids is 1. The van der Waals surface area contributed by atoms with Crippen molar-refractivity contribution in [3.05, 3.63) is 52.7 Å². The molecule has 0 atom stereocenters. The molecule has 0 saturated carbocycles. The number of rotatable bonds is 3. The van der Waals surface area contributed by atoms with Crippen LogP contribution in [0.2, 0.25) is 0 Å². The molecule has 0 unspecified atom stereocenters. The lowest BCUT2D eigenvalue weighted by Crippen LogP contribution is -2.17. The minimum Gasteiger partial charge on any atom is -0.478 e. The molecule has 1 aromatic heterocycles. The molecule has 0 bridgehead atoms. The molecule has 5 heteroatoms. The monoisotopic (exact) mass is 281 g/mol. The summed E-state index contributed by atoms with van der Waals surface area (Å²) in [5.74, 6) is -0.645. The van der Waals surface area contributed by atoms with Gasteiger partial charge in [-0.25, -0.2) is 9.78 Å². The third-order valence-electron chi connectivity index (χ3n) is 3.22. The zero-order valence-corrected chi connectivity index (χ0v) is 12.1. The average Bonchev–Trinajstić information content (AvgIpc) is 2.45. The number of hydrogen-bond donors (Lipinski definition) is 1. The van der Waals surface area contributed by atoms with Crippen molar-refractivity contribution in [3.8, 4) is 6.07 Å². The summed E-state index contributed by atoms with van der Waals surface area (Å²) in [6.07, 6.45) is 0. The van der Waals surface area contributed by atoms with Gasteiger partial charge in [0.05, 0.1) is 11.6 Å². The molecular weight excluding hydrogens is 266 g/mol. The lowest BCUT2D eigenvalue weighted by molar-refractivity contribution is 0.0696. The van der Waals surface area contributed by atoms with Crippen LogP contribution in [-0.2, 0) is 0 Å². The quantitative estimate of drug-likeness (QED) is 0.935. The third kappa shape index (κ3) is 2.84. The molecule has 0 spiro atoms. The van der Waals surface area contributed by atoms with Crippen LogP contribution in [0.25, 0.3) is 0 Å². The lowest BCUT2D eigenvalue weighted by atomic mass is 10.1. The highest BCUT2D eigenvalue weighted by Gasteiger charge is 2.19. The first-order valence-corrected chi connectivity index (χ1v) is 6.39. The van der Waals surface area contributed by atoms with E-state index >= 15 is 0 Å².